The third-order valence-electron chi connectivity index (χ3n) is 3.50. The Morgan fingerprint density at radius 2 is 1.87 bits per heavy atom. The Morgan fingerprint density at radius 3 is 2.42 bits per heavy atom. The van der Waals surface area contributed by atoms with Gasteiger partial charge in [0.05, 0.1) is 17.9 Å². The third kappa shape index (κ3) is 6.96. The molecule has 0 radical (unpaired) electrons. The zero-order valence-corrected chi connectivity index (χ0v) is 18.4. The Hall–Kier alpha value is -2.60. The lowest BCUT2D eigenvalue weighted by molar-refractivity contribution is -0.274. The number of nitrogens with zero attached hydrogens (tertiary/aromatic N) is 2. The van der Waals surface area contributed by atoms with E-state index in [1.54, 1.807) is 12.3 Å². The van der Waals surface area contributed by atoms with E-state index in [4.69, 9.17) is 4.74 Å². The summed E-state index contributed by atoms with van der Waals surface area (Å²) in [6.07, 6.45) is -3.20. The number of ether oxygens (including phenoxy) is 2. The Kier molecular flexibility index (Phi) is 8.45. The highest BCUT2D eigenvalue weighted by molar-refractivity contribution is 9.10. The molecule has 0 saturated carbocycles. The van der Waals surface area contributed by atoms with E-state index in [0.29, 0.717) is 9.37 Å². The third-order valence-corrected chi connectivity index (χ3v) is 4.72. The van der Waals surface area contributed by atoms with E-state index in [2.05, 4.69) is 30.9 Å². The predicted molar refractivity (Wildman–Crippen MR) is 110 cm³/mol. The van der Waals surface area contributed by atoms with Crippen molar-refractivity contribution >= 4 is 45.1 Å². The van der Waals surface area contributed by atoms with Crippen molar-refractivity contribution in [2.75, 3.05) is 12.9 Å². The molecule has 0 fully saturated rings. The number of carbonyl (C=O) groups excluding carboxylic acids is 1. The summed E-state index contributed by atoms with van der Waals surface area (Å²) >= 11 is 4.27. The minimum absolute atomic E-state index is 0.0468. The summed E-state index contributed by atoms with van der Waals surface area (Å²) in [5.74, 6) is -3.15. The van der Waals surface area contributed by atoms with Gasteiger partial charge in [-0.15, -0.1) is 30.0 Å². The summed E-state index contributed by atoms with van der Waals surface area (Å²) in [7, 11) is 0. The number of azo groups is 1. The van der Waals surface area contributed by atoms with Crippen LogP contribution >= 0.6 is 27.7 Å². The zero-order chi connectivity index (χ0) is 23.2. The quantitative estimate of drug-likeness (QED) is 0.108. The first kappa shape index (κ1) is 24.7. The maximum atomic E-state index is 14.5. The standard InChI is InChI=1S/C19H15BrF4N2O4S/c1-3-29-18(28)16(17(27)15-13(21)8-10(20)9-14(15)31-2)26-25-11-4-6-12(7-5-11)30-19(22,23)24/h4-9,27H,3H2,1-2H3/b17-16-,26-25?. The van der Waals surface area contributed by atoms with E-state index in [9.17, 15) is 27.5 Å². The van der Waals surface area contributed by atoms with Crippen LogP contribution in [0.3, 0.4) is 0 Å². The molecule has 0 heterocycles. The molecule has 0 atom stereocenters. The average Bonchev–Trinajstić information content (AvgIpc) is 2.67. The molecule has 1 N–H and O–H groups in total. The second-order valence-electron chi connectivity index (χ2n) is 5.62. The second kappa shape index (κ2) is 10.6. The number of hydrogen-bond donors (Lipinski definition) is 1. The molecule has 6 nitrogen and oxygen atoms in total. The van der Waals surface area contributed by atoms with Gasteiger partial charge in [0, 0.05) is 9.37 Å². The van der Waals surface area contributed by atoms with Crippen molar-refractivity contribution in [3.63, 3.8) is 0 Å². The summed E-state index contributed by atoms with van der Waals surface area (Å²) in [5.41, 5.74) is -0.897. The molecule has 31 heavy (non-hydrogen) atoms. The summed E-state index contributed by atoms with van der Waals surface area (Å²) in [6.45, 7) is 1.48. The number of hydrogen-bond acceptors (Lipinski definition) is 7. The fourth-order valence-corrected chi connectivity index (χ4v) is 3.49. The molecular weight excluding hydrogens is 508 g/mol. The van der Waals surface area contributed by atoms with Crippen LogP contribution in [-0.2, 0) is 9.53 Å². The van der Waals surface area contributed by atoms with Gasteiger partial charge in [0.25, 0.3) is 0 Å². The molecule has 0 amide bonds. The molecule has 2 aromatic carbocycles. The Balaban J connectivity index is 2.47. The number of rotatable bonds is 7. The summed E-state index contributed by atoms with van der Waals surface area (Å²) < 4.78 is 60.3. The van der Waals surface area contributed by atoms with Gasteiger partial charge < -0.3 is 14.6 Å². The zero-order valence-electron chi connectivity index (χ0n) is 16.0. The maximum Gasteiger partial charge on any atom is 0.573 e. The van der Waals surface area contributed by atoms with Gasteiger partial charge in [0.2, 0.25) is 5.70 Å². The minimum atomic E-state index is -4.85. The Labute approximate surface area is 187 Å². The molecule has 0 spiro atoms. The number of thioether (sulfide) groups is 1. The number of carbonyl (C=O) groups is 1. The van der Waals surface area contributed by atoms with E-state index < -0.39 is 35.4 Å². The van der Waals surface area contributed by atoms with Gasteiger partial charge in [-0.05, 0) is 49.6 Å². The number of esters is 1. The van der Waals surface area contributed by atoms with E-state index in [0.717, 1.165) is 42.1 Å². The molecule has 0 aliphatic rings. The molecule has 2 aromatic rings. The van der Waals surface area contributed by atoms with Gasteiger partial charge in [-0.25, -0.2) is 9.18 Å². The molecule has 2 rings (SSSR count). The first-order valence-electron chi connectivity index (χ1n) is 8.47. The first-order chi connectivity index (χ1) is 14.6. The number of alkyl halides is 3. The van der Waals surface area contributed by atoms with Crippen LogP contribution in [0.25, 0.3) is 5.76 Å². The van der Waals surface area contributed by atoms with Gasteiger partial charge in [-0.1, -0.05) is 15.9 Å². The fraction of sp³-hybridized carbons (Fsp3) is 0.211. The number of halogens is 5. The monoisotopic (exact) mass is 522 g/mol. The van der Waals surface area contributed by atoms with Crippen LogP contribution in [0.4, 0.5) is 23.2 Å². The van der Waals surface area contributed by atoms with Gasteiger partial charge in [0.15, 0.2) is 5.76 Å². The maximum absolute atomic E-state index is 14.5. The molecule has 0 bridgehead atoms. The van der Waals surface area contributed by atoms with Crippen molar-refractivity contribution < 1.29 is 36.9 Å². The van der Waals surface area contributed by atoms with Crippen LogP contribution in [0.15, 0.2) is 61.7 Å². The molecule has 0 unspecified atom stereocenters. The summed E-state index contributed by atoms with van der Waals surface area (Å²) in [5, 5.41) is 18.0. The second-order valence-corrected chi connectivity index (χ2v) is 7.39. The number of benzene rings is 2. The van der Waals surface area contributed by atoms with Crippen molar-refractivity contribution in [3.8, 4) is 5.75 Å². The largest absolute Gasteiger partial charge is 0.573 e. The Morgan fingerprint density at radius 1 is 1.23 bits per heavy atom. The highest BCUT2D eigenvalue weighted by Crippen LogP contribution is 2.34. The SMILES string of the molecule is CCOC(=O)/C(N=Nc1ccc(OC(F)(F)F)cc1)=C(/O)c1c(F)cc(Br)cc1SC. The molecular formula is C19H15BrF4N2O4S. The Bertz CT molecular complexity index is 1010. The highest BCUT2D eigenvalue weighted by Gasteiger charge is 2.31. The van der Waals surface area contributed by atoms with Crippen LogP contribution in [-0.4, -0.2) is 30.3 Å². The number of aliphatic hydroxyl groups excluding tert-OH is 1. The summed E-state index contributed by atoms with van der Waals surface area (Å²) in [4.78, 5) is 12.6. The van der Waals surface area contributed by atoms with Crippen LogP contribution in [0.2, 0.25) is 0 Å². The number of aliphatic hydroxyl groups is 1. The van der Waals surface area contributed by atoms with E-state index in [1.807, 2.05) is 0 Å². The smallest absolute Gasteiger partial charge is 0.505 e. The van der Waals surface area contributed by atoms with Crippen molar-refractivity contribution in [1.29, 1.82) is 0 Å². The van der Waals surface area contributed by atoms with Gasteiger partial charge in [0.1, 0.15) is 11.6 Å². The predicted octanol–water partition coefficient (Wildman–Crippen LogP) is 6.78. The summed E-state index contributed by atoms with van der Waals surface area (Å²) in [6, 6.07) is 6.93. The normalized spacial score (nSPS) is 12.6. The molecule has 166 valence electrons. The van der Waals surface area contributed by atoms with Crippen molar-refractivity contribution in [2.24, 2.45) is 10.2 Å². The van der Waals surface area contributed by atoms with Gasteiger partial charge in [-0.3, -0.25) is 0 Å². The molecule has 0 aliphatic carbocycles. The van der Waals surface area contributed by atoms with Crippen molar-refractivity contribution in [2.45, 2.75) is 18.2 Å². The highest BCUT2D eigenvalue weighted by atomic mass is 79.9. The van der Waals surface area contributed by atoms with Gasteiger partial charge >= 0.3 is 12.3 Å². The average molecular weight is 523 g/mol. The lowest BCUT2D eigenvalue weighted by atomic mass is 10.1. The lowest BCUT2D eigenvalue weighted by Gasteiger charge is -2.11. The van der Waals surface area contributed by atoms with E-state index in [-0.39, 0.29) is 17.9 Å². The van der Waals surface area contributed by atoms with Crippen LogP contribution in [0, 0.1) is 5.82 Å². The van der Waals surface area contributed by atoms with Gasteiger partial charge in [-0.2, -0.15) is 5.11 Å². The lowest BCUT2D eigenvalue weighted by Crippen LogP contribution is -2.16. The minimum Gasteiger partial charge on any atom is -0.505 e. The molecule has 0 saturated heterocycles. The fourth-order valence-electron chi connectivity index (χ4n) is 2.27. The van der Waals surface area contributed by atoms with Crippen molar-refractivity contribution in [3.05, 3.63) is 57.9 Å². The molecule has 0 aromatic heterocycles. The topological polar surface area (TPSA) is 80.5 Å². The van der Waals surface area contributed by atoms with Crippen LogP contribution < -0.4 is 4.74 Å². The molecule has 0 aliphatic heterocycles. The van der Waals surface area contributed by atoms with Crippen LogP contribution in [0.1, 0.15) is 12.5 Å². The van der Waals surface area contributed by atoms with Crippen molar-refractivity contribution in [1.82, 2.24) is 0 Å². The van der Waals surface area contributed by atoms with E-state index >= 15 is 0 Å². The van der Waals surface area contributed by atoms with E-state index in [1.165, 1.54) is 6.92 Å². The van der Waals surface area contributed by atoms with Crippen LogP contribution in [0.5, 0.6) is 5.75 Å². The molecule has 12 heteroatoms. The first-order valence-corrected chi connectivity index (χ1v) is 10.5.